The van der Waals surface area contributed by atoms with Gasteiger partial charge >= 0.3 is 12.4 Å². The highest BCUT2D eigenvalue weighted by atomic mass is 19.4. The third kappa shape index (κ3) is 8.38. The highest BCUT2D eigenvalue weighted by Gasteiger charge is 2.57. The first kappa shape index (κ1) is 41.3. The Morgan fingerprint density at radius 1 is 0.860 bits per heavy atom. The number of carbonyl (C=O) groups is 1. The summed E-state index contributed by atoms with van der Waals surface area (Å²) in [5.41, 5.74) is 6.14. The predicted octanol–water partition coefficient (Wildman–Crippen LogP) is 5.75. The van der Waals surface area contributed by atoms with Gasteiger partial charge in [0, 0.05) is 0 Å². The Kier molecular flexibility index (Phi) is 12.1. The van der Waals surface area contributed by atoms with Gasteiger partial charge in [0.15, 0.2) is 29.4 Å². The third-order valence-corrected chi connectivity index (χ3v) is 9.51. The van der Waals surface area contributed by atoms with E-state index in [1.807, 2.05) is 0 Å². The van der Waals surface area contributed by atoms with Crippen LogP contribution in [0.25, 0.3) is 11.2 Å². The molecule has 1 aliphatic rings. The molecular weight excluding hydrogens is 768 g/mol. The molecule has 1 unspecified atom stereocenters. The number of anilines is 1. The lowest BCUT2D eigenvalue weighted by molar-refractivity contribution is -0.299. The number of benzene rings is 3. The molecule has 13 nitrogen and oxygen atoms in total. The Bertz CT molecular complexity index is 2060. The number of ketones is 1. The summed E-state index contributed by atoms with van der Waals surface area (Å²) in [7, 11) is 3.00. The topological polar surface area (TPSA) is 162 Å². The first-order valence-corrected chi connectivity index (χ1v) is 17.2. The number of halogens is 6. The summed E-state index contributed by atoms with van der Waals surface area (Å²) < 4.78 is 115. The van der Waals surface area contributed by atoms with E-state index in [0.29, 0.717) is 28.2 Å². The molecule has 5 atom stereocenters. The molecule has 0 bridgehead atoms. The molecule has 304 valence electrons. The van der Waals surface area contributed by atoms with Gasteiger partial charge in [0.1, 0.15) is 60.2 Å². The van der Waals surface area contributed by atoms with Crippen molar-refractivity contribution in [2.75, 3.05) is 33.4 Å². The minimum Gasteiger partial charge on any atom is -0.497 e. The predicted molar refractivity (Wildman–Crippen MR) is 189 cm³/mol. The molecule has 3 aromatic carbocycles. The zero-order valence-electron chi connectivity index (χ0n) is 30.5. The molecule has 1 fully saturated rings. The fourth-order valence-electron chi connectivity index (χ4n) is 6.65. The second-order valence-electron chi connectivity index (χ2n) is 13.0. The highest BCUT2D eigenvalue weighted by molar-refractivity contribution is 5.82. The van der Waals surface area contributed by atoms with Crippen molar-refractivity contribution in [3.63, 3.8) is 0 Å². The van der Waals surface area contributed by atoms with Gasteiger partial charge in [-0.1, -0.05) is 54.6 Å². The summed E-state index contributed by atoms with van der Waals surface area (Å²) in [4.78, 5) is 26.1. The average Bonchev–Trinajstić information content (AvgIpc) is 3.76. The van der Waals surface area contributed by atoms with Crippen LogP contribution in [0.4, 0.5) is 32.2 Å². The number of alkyl halides is 6. The number of hydrogen-bond acceptors (Lipinski definition) is 12. The SMILES string of the molecule is COc1ccc(C(OC(C(C)=O)[C@H]2O[C@@H](n3cnc4c(N)ncnc43)[C@H](OCOCC(C(F)(F)F)C(F)(F)F)[C@@H]2O)(c2ccccc2)c2ccc(OC)cc2)cc1. The zero-order chi connectivity index (χ0) is 41.1. The summed E-state index contributed by atoms with van der Waals surface area (Å²) in [6, 6.07) is 22.6. The summed E-state index contributed by atoms with van der Waals surface area (Å²) >= 11 is 0. The van der Waals surface area contributed by atoms with Crippen molar-refractivity contribution in [1.29, 1.82) is 0 Å². The Labute approximate surface area is 321 Å². The van der Waals surface area contributed by atoms with Gasteiger partial charge in [-0.15, -0.1) is 0 Å². The second-order valence-corrected chi connectivity index (χ2v) is 13.0. The fourth-order valence-corrected chi connectivity index (χ4v) is 6.65. The van der Waals surface area contributed by atoms with Gasteiger partial charge < -0.3 is 39.3 Å². The molecule has 0 spiro atoms. The summed E-state index contributed by atoms with van der Waals surface area (Å²) in [5.74, 6) is -3.43. The van der Waals surface area contributed by atoms with E-state index in [2.05, 4.69) is 15.0 Å². The minimum atomic E-state index is -5.66. The van der Waals surface area contributed by atoms with Crippen LogP contribution in [0.5, 0.6) is 11.5 Å². The van der Waals surface area contributed by atoms with Crippen molar-refractivity contribution in [3.05, 3.63) is 108 Å². The fraction of sp³-hybridized carbons (Fsp3) is 0.368. The number of aliphatic hydroxyl groups excluding tert-OH is 1. The van der Waals surface area contributed by atoms with Gasteiger partial charge in [-0.2, -0.15) is 26.3 Å². The number of ether oxygens (including phenoxy) is 6. The van der Waals surface area contributed by atoms with Gasteiger partial charge in [0.2, 0.25) is 0 Å². The lowest BCUT2D eigenvalue weighted by Crippen LogP contribution is -2.49. The third-order valence-electron chi connectivity index (χ3n) is 9.51. The number of nitrogens with zero attached hydrogens (tertiary/aromatic N) is 4. The van der Waals surface area contributed by atoms with E-state index in [1.165, 1.54) is 32.0 Å². The maximum absolute atomic E-state index is 13.8. The zero-order valence-corrected chi connectivity index (χ0v) is 30.5. The Morgan fingerprint density at radius 2 is 1.42 bits per heavy atom. The average molecular weight is 806 g/mol. The van der Waals surface area contributed by atoms with E-state index in [9.17, 15) is 36.2 Å². The number of nitrogens with two attached hydrogens (primary N) is 1. The van der Waals surface area contributed by atoms with Crippen molar-refractivity contribution in [2.45, 2.75) is 55.5 Å². The van der Waals surface area contributed by atoms with E-state index in [-0.39, 0.29) is 17.0 Å². The van der Waals surface area contributed by atoms with Crippen LogP contribution in [0.1, 0.15) is 29.8 Å². The monoisotopic (exact) mass is 805 g/mol. The van der Waals surface area contributed by atoms with Crippen LogP contribution in [0.15, 0.2) is 91.5 Å². The van der Waals surface area contributed by atoms with Crippen molar-refractivity contribution >= 4 is 22.8 Å². The van der Waals surface area contributed by atoms with Crippen LogP contribution in [0.3, 0.4) is 0 Å². The molecule has 0 radical (unpaired) electrons. The quantitative estimate of drug-likeness (QED) is 0.0572. The van der Waals surface area contributed by atoms with Crippen LogP contribution in [0.2, 0.25) is 0 Å². The van der Waals surface area contributed by atoms with Gasteiger partial charge in [-0.3, -0.25) is 9.36 Å². The largest absolute Gasteiger partial charge is 0.497 e. The van der Waals surface area contributed by atoms with Crippen LogP contribution < -0.4 is 15.2 Å². The van der Waals surface area contributed by atoms with Crippen LogP contribution in [0, 0.1) is 5.92 Å². The molecular formula is C38H37F6N5O8. The molecule has 0 aliphatic carbocycles. The second kappa shape index (κ2) is 16.6. The Morgan fingerprint density at radius 3 is 1.95 bits per heavy atom. The van der Waals surface area contributed by atoms with Gasteiger partial charge in [-0.25, -0.2) is 15.0 Å². The van der Waals surface area contributed by atoms with Gasteiger partial charge in [0.25, 0.3) is 0 Å². The molecule has 1 aliphatic heterocycles. The maximum atomic E-state index is 13.8. The molecule has 5 aromatic rings. The smallest absolute Gasteiger partial charge is 0.402 e. The van der Waals surface area contributed by atoms with Crippen molar-refractivity contribution in [1.82, 2.24) is 19.5 Å². The molecule has 3 heterocycles. The van der Waals surface area contributed by atoms with Crippen LogP contribution in [-0.2, 0) is 29.3 Å². The van der Waals surface area contributed by atoms with E-state index in [4.69, 9.17) is 34.2 Å². The standard InChI is InChI=1S/C38H37F6N5O8/c1-21(50)30(57-36(22-7-5-4-6-8-22,23-9-13-25(52-2)14-10-23)24-11-15-26(53-3)16-12-24)31-29(51)32(55-20-54-17-27(37(39,40)41)38(42,43)44)35(56-31)49-19-48-28-33(45)46-18-47-34(28)49/h4-16,18-19,27,29-32,35,51H,17,20H2,1-3H3,(H2,45,46,47)/t29-,30?,31+,32-,35-/m1/s1. The number of hydrogen-bond donors (Lipinski definition) is 2. The molecule has 19 heteroatoms. The number of nitrogen functional groups attached to an aromatic ring is 1. The summed E-state index contributed by atoms with van der Waals surface area (Å²) in [6.45, 7) is -1.78. The number of Topliss-reactive ketones (excluding diaryl/α,β-unsaturated/α-hetero) is 1. The number of carbonyl (C=O) groups excluding carboxylic acids is 1. The number of imidazole rings is 1. The van der Waals surface area contributed by atoms with Crippen molar-refractivity contribution < 1.29 is 64.7 Å². The number of methoxy groups -OCH3 is 2. The molecule has 57 heavy (non-hydrogen) atoms. The highest BCUT2D eigenvalue weighted by Crippen LogP contribution is 2.46. The van der Waals surface area contributed by atoms with E-state index >= 15 is 0 Å². The number of fused-ring (bicyclic) bond motifs is 1. The molecule has 1 saturated heterocycles. The lowest BCUT2D eigenvalue weighted by Gasteiger charge is -2.40. The molecule has 3 N–H and O–H groups in total. The molecule has 0 saturated carbocycles. The Balaban J connectivity index is 1.43. The van der Waals surface area contributed by atoms with E-state index < -0.39 is 73.7 Å². The van der Waals surface area contributed by atoms with Crippen molar-refractivity contribution in [2.24, 2.45) is 5.92 Å². The summed E-state index contributed by atoms with van der Waals surface area (Å²) in [6.07, 6.45) is -17.1. The first-order valence-electron chi connectivity index (χ1n) is 17.2. The summed E-state index contributed by atoms with van der Waals surface area (Å²) in [5, 5.41) is 12.0. The number of rotatable bonds is 15. The van der Waals surface area contributed by atoms with Crippen LogP contribution >= 0.6 is 0 Å². The number of aliphatic hydroxyl groups is 1. The lowest BCUT2D eigenvalue weighted by atomic mass is 9.79. The number of aromatic nitrogens is 4. The Hall–Kier alpha value is -5.34. The van der Waals surface area contributed by atoms with Gasteiger partial charge in [-0.05, 0) is 47.9 Å². The van der Waals surface area contributed by atoms with E-state index in [0.717, 1.165) is 6.33 Å². The normalized spacial score (nSPS) is 19.6. The maximum Gasteiger partial charge on any atom is 0.402 e. The van der Waals surface area contributed by atoms with Crippen molar-refractivity contribution in [3.8, 4) is 11.5 Å². The van der Waals surface area contributed by atoms with Crippen LogP contribution in [-0.4, -0.2) is 94.8 Å². The van der Waals surface area contributed by atoms with Gasteiger partial charge in [0.05, 0.1) is 27.2 Å². The molecule has 2 aromatic heterocycles. The van der Waals surface area contributed by atoms with E-state index in [1.54, 1.807) is 78.9 Å². The molecule has 0 amide bonds. The minimum absolute atomic E-state index is 0.0310. The first-order chi connectivity index (χ1) is 27.1. The molecule has 6 rings (SSSR count).